The summed E-state index contributed by atoms with van der Waals surface area (Å²) in [6.45, 7) is 2.28. The molecule has 0 bridgehead atoms. The minimum atomic E-state index is 0.214. The third kappa shape index (κ3) is 2.51. The Labute approximate surface area is 104 Å². The van der Waals surface area contributed by atoms with E-state index in [9.17, 15) is 5.11 Å². The van der Waals surface area contributed by atoms with E-state index in [2.05, 4.69) is 5.32 Å². The van der Waals surface area contributed by atoms with Gasteiger partial charge in [-0.25, -0.2) is 0 Å². The third-order valence-electron chi connectivity index (χ3n) is 5.07. The van der Waals surface area contributed by atoms with Crippen LogP contribution in [0.4, 0.5) is 0 Å². The number of nitrogens with one attached hydrogen (secondary N) is 1. The van der Waals surface area contributed by atoms with Crippen LogP contribution in [0, 0.1) is 5.41 Å². The van der Waals surface area contributed by atoms with E-state index in [1.165, 1.54) is 44.9 Å². The van der Waals surface area contributed by atoms with Crippen LogP contribution in [0.1, 0.15) is 51.4 Å². The summed E-state index contributed by atoms with van der Waals surface area (Å²) >= 11 is 0. The summed E-state index contributed by atoms with van der Waals surface area (Å²) in [5, 5.41) is 13.0. The molecule has 2 N–H and O–H groups in total. The minimum Gasteiger partial charge on any atom is -0.396 e. The fraction of sp³-hybridized carbons (Fsp3) is 1.00. The first kappa shape index (κ1) is 11.9. The maximum atomic E-state index is 9.33. The van der Waals surface area contributed by atoms with Gasteiger partial charge in [0.1, 0.15) is 0 Å². The molecule has 98 valence electrons. The van der Waals surface area contributed by atoms with Crippen molar-refractivity contribution in [3.8, 4) is 0 Å². The highest BCUT2D eigenvalue weighted by atomic mass is 16.5. The van der Waals surface area contributed by atoms with Crippen LogP contribution in [0.5, 0.6) is 0 Å². The predicted molar refractivity (Wildman–Crippen MR) is 66.9 cm³/mol. The van der Waals surface area contributed by atoms with Gasteiger partial charge in [0.15, 0.2) is 0 Å². The maximum absolute atomic E-state index is 9.33. The molecule has 1 unspecified atom stereocenters. The normalized spacial score (nSPS) is 34.1. The quantitative estimate of drug-likeness (QED) is 0.786. The second kappa shape index (κ2) is 4.52. The van der Waals surface area contributed by atoms with E-state index in [0.29, 0.717) is 12.6 Å². The zero-order valence-electron chi connectivity index (χ0n) is 10.7. The first-order chi connectivity index (χ1) is 8.26. The standard InChI is InChI=1S/C14H25NO2/c16-11-13(6-7-13)10-15-12-3-8-17-14(9-12)4-1-2-5-14/h12,15-16H,1-11H2. The molecule has 1 heterocycles. The van der Waals surface area contributed by atoms with Gasteiger partial charge in [0.05, 0.1) is 5.60 Å². The summed E-state index contributed by atoms with van der Waals surface area (Å²) < 4.78 is 6.04. The lowest BCUT2D eigenvalue weighted by Gasteiger charge is -2.39. The second-order valence-corrected chi connectivity index (χ2v) is 6.47. The summed E-state index contributed by atoms with van der Waals surface area (Å²) in [5.74, 6) is 0. The van der Waals surface area contributed by atoms with Crippen molar-refractivity contribution in [3.63, 3.8) is 0 Å². The van der Waals surface area contributed by atoms with Crippen molar-refractivity contribution < 1.29 is 9.84 Å². The Morgan fingerprint density at radius 2 is 1.94 bits per heavy atom. The fourth-order valence-corrected chi connectivity index (χ4v) is 3.50. The molecule has 0 aromatic heterocycles. The smallest absolute Gasteiger partial charge is 0.0697 e. The molecule has 3 heteroatoms. The van der Waals surface area contributed by atoms with Crippen LogP contribution in [0.2, 0.25) is 0 Å². The minimum absolute atomic E-state index is 0.214. The Morgan fingerprint density at radius 1 is 1.18 bits per heavy atom. The summed E-state index contributed by atoms with van der Waals surface area (Å²) in [4.78, 5) is 0. The highest BCUT2D eigenvalue weighted by Crippen LogP contribution is 2.45. The highest BCUT2D eigenvalue weighted by Gasteiger charge is 2.44. The molecule has 0 radical (unpaired) electrons. The van der Waals surface area contributed by atoms with E-state index in [1.807, 2.05) is 0 Å². The zero-order chi connectivity index (χ0) is 11.8. The number of rotatable bonds is 4. The van der Waals surface area contributed by atoms with Crippen molar-refractivity contribution in [2.75, 3.05) is 19.8 Å². The fourth-order valence-electron chi connectivity index (χ4n) is 3.50. The lowest BCUT2D eigenvalue weighted by Crippen LogP contribution is -2.47. The molecule has 3 aliphatic rings. The Balaban J connectivity index is 1.50. The van der Waals surface area contributed by atoms with Crippen molar-refractivity contribution in [2.45, 2.75) is 63.0 Å². The van der Waals surface area contributed by atoms with Gasteiger partial charge in [-0.15, -0.1) is 0 Å². The molecule has 3 nitrogen and oxygen atoms in total. The summed E-state index contributed by atoms with van der Waals surface area (Å²) in [7, 11) is 0. The van der Waals surface area contributed by atoms with Gasteiger partial charge in [0.2, 0.25) is 0 Å². The molecular formula is C14H25NO2. The molecule has 3 fully saturated rings. The Morgan fingerprint density at radius 3 is 2.59 bits per heavy atom. The van der Waals surface area contributed by atoms with E-state index in [4.69, 9.17) is 4.74 Å². The molecule has 2 aliphatic carbocycles. The number of ether oxygens (including phenoxy) is 1. The average Bonchev–Trinajstić information content (AvgIpc) is 3.03. The Bertz CT molecular complexity index is 269. The van der Waals surface area contributed by atoms with Crippen LogP contribution in [-0.2, 0) is 4.74 Å². The monoisotopic (exact) mass is 239 g/mol. The van der Waals surface area contributed by atoms with Crippen molar-refractivity contribution in [1.29, 1.82) is 0 Å². The molecule has 1 spiro atoms. The number of hydrogen-bond donors (Lipinski definition) is 2. The highest BCUT2D eigenvalue weighted by molar-refractivity contribution is 4.97. The largest absolute Gasteiger partial charge is 0.396 e. The van der Waals surface area contributed by atoms with Crippen LogP contribution in [0.15, 0.2) is 0 Å². The molecule has 0 amide bonds. The lowest BCUT2D eigenvalue weighted by molar-refractivity contribution is -0.0841. The first-order valence-electron chi connectivity index (χ1n) is 7.24. The average molecular weight is 239 g/mol. The molecule has 17 heavy (non-hydrogen) atoms. The van der Waals surface area contributed by atoms with Gasteiger partial charge < -0.3 is 15.2 Å². The number of aliphatic hydroxyl groups excluding tert-OH is 1. The summed E-state index contributed by atoms with van der Waals surface area (Å²) in [6.07, 6.45) is 9.93. The summed E-state index contributed by atoms with van der Waals surface area (Å²) in [6, 6.07) is 0.617. The summed E-state index contributed by atoms with van der Waals surface area (Å²) in [5.41, 5.74) is 0.451. The number of hydrogen-bond acceptors (Lipinski definition) is 3. The second-order valence-electron chi connectivity index (χ2n) is 6.47. The molecule has 0 aromatic carbocycles. The van der Waals surface area contributed by atoms with Gasteiger partial charge in [0.25, 0.3) is 0 Å². The van der Waals surface area contributed by atoms with E-state index in [1.54, 1.807) is 0 Å². The molecule has 0 aromatic rings. The van der Waals surface area contributed by atoms with Gasteiger partial charge in [-0.2, -0.15) is 0 Å². The van der Waals surface area contributed by atoms with E-state index >= 15 is 0 Å². The van der Waals surface area contributed by atoms with E-state index < -0.39 is 0 Å². The van der Waals surface area contributed by atoms with Gasteiger partial charge in [-0.05, 0) is 38.5 Å². The molecule has 1 atom stereocenters. The van der Waals surface area contributed by atoms with E-state index in [0.717, 1.165) is 19.6 Å². The first-order valence-corrected chi connectivity index (χ1v) is 7.24. The zero-order valence-corrected chi connectivity index (χ0v) is 10.7. The molecule has 3 rings (SSSR count). The maximum Gasteiger partial charge on any atom is 0.0697 e. The van der Waals surface area contributed by atoms with Gasteiger partial charge in [-0.3, -0.25) is 0 Å². The van der Waals surface area contributed by atoms with Crippen molar-refractivity contribution >= 4 is 0 Å². The Kier molecular flexibility index (Phi) is 3.18. The van der Waals surface area contributed by atoms with Crippen molar-refractivity contribution in [1.82, 2.24) is 5.32 Å². The van der Waals surface area contributed by atoms with Gasteiger partial charge >= 0.3 is 0 Å². The van der Waals surface area contributed by atoms with Crippen LogP contribution in [0.25, 0.3) is 0 Å². The molecule has 1 saturated heterocycles. The van der Waals surface area contributed by atoms with Crippen LogP contribution < -0.4 is 5.32 Å². The van der Waals surface area contributed by atoms with E-state index in [-0.39, 0.29) is 11.0 Å². The lowest BCUT2D eigenvalue weighted by atomic mass is 9.88. The Hall–Kier alpha value is -0.120. The molecule has 2 saturated carbocycles. The van der Waals surface area contributed by atoms with Crippen LogP contribution in [-0.4, -0.2) is 36.5 Å². The molecular weight excluding hydrogens is 214 g/mol. The van der Waals surface area contributed by atoms with Crippen LogP contribution >= 0.6 is 0 Å². The SMILES string of the molecule is OCC1(CNC2CCOC3(CCCC3)C2)CC1. The van der Waals surface area contributed by atoms with Crippen molar-refractivity contribution in [3.05, 3.63) is 0 Å². The van der Waals surface area contributed by atoms with Crippen molar-refractivity contribution in [2.24, 2.45) is 5.41 Å². The van der Waals surface area contributed by atoms with Gasteiger partial charge in [0, 0.05) is 31.2 Å². The number of aliphatic hydroxyl groups is 1. The van der Waals surface area contributed by atoms with Gasteiger partial charge in [-0.1, -0.05) is 12.8 Å². The third-order valence-corrected chi connectivity index (χ3v) is 5.07. The topological polar surface area (TPSA) is 41.5 Å². The predicted octanol–water partition coefficient (Wildman–Crippen LogP) is 1.84. The molecule has 1 aliphatic heterocycles. The van der Waals surface area contributed by atoms with Crippen LogP contribution in [0.3, 0.4) is 0 Å².